The summed E-state index contributed by atoms with van der Waals surface area (Å²) in [5.74, 6) is -3.31. The van der Waals surface area contributed by atoms with Crippen molar-refractivity contribution >= 4 is 45.5 Å². The van der Waals surface area contributed by atoms with Crippen molar-refractivity contribution < 1.29 is 72.1 Å². The number of nitrogens with one attached hydrogen (secondary N) is 2. The van der Waals surface area contributed by atoms with Gasteiger partial charge >= 0.3 is 35.7 Å². The molecule has 2 aliphatic heterocycles. The number of hydrogen-bond acceptors (Lipinski definition) is 10. The Balaban J connectivity index is 0.00000432. The number of aliphatic carboxylic acids is 1. The third-order valence-electron chi connectivity index (χ3n) is 5.07. The second-order valence-electron chi connectivity index (χ2n) is 7.55. The second-order valence-corrected chi connectivity index (χ2v) is 10.9. The first-order valence-electron chi connectivity index (χ1n) is 9.98. The fourth-order valence-electron chi connectivity index (χ4n) is 3.42. The fourth-order valence-corrected chi connectivity index (χ4v) is 5.14. The minimum atomic E-state index is -3.36. The number of rotatable bonds is 9. The number of ether oxygens (including phenoxy) is 1. The molecule has 0 aromatic heterocycles. The Labute approximate surface area is 227 Å². The maximum absolute atomic E-state index is 13.0. The summed E-state index contributed by atoms with van der Waals surface area (Å²) in [6.07, 6.45) is -0.0442. The van der Waals surface area contributed by atoms with Gasteiger partial charge in [0.25, 0.3) is 5.91 Å². The topological polar surface area (TPSA) is 182 Å². The minimum Gasteiger partial charge on any atom is -0.543 e. The van der Waals surface area contributed by atoms with E-state index in [4.69, 9.17) is 4.74 Å². The van der Waals surface area contributed by atoms with E-state index >= 15 is 0 Å². The molecule has 0 aliphatic carbocycles. The molecule has 2 aliphatic rings. The van der Waals surface area contributed by atoms with Crippen molar-refractivity contribution in [3.63, 3.8) is 0 Å². The summed E-state index contributed by atoms with van der Waals surface area (Å²) in [6.45, 7) is -0.959. The number of β-lactam (4-membered cyclic amide) rings is 1. The van der Waals surface area contributed by atoms with Gasteiger partial charge in [0.05, 0.1) is 24.0 Å². The zero-order chi connectivity index (χ0) is 25.0. The van der Waals surface area contributed by atoms with E-state index in [1.165, 1.54) is 11.8 Å². The third kappa shape index (κ3) is 6.98. The van der Waals surface area contributed by atoms with Crippen LogP contribution in [0, 0.1) is 0 Å². The predicted octanol–water partition coefficient (Wildman–Crippen LogP) is -5.10. The van der Waals surface area contributed by atoms with Crippen LogP contribution in [0.15, 0.2) is 41.6 Å². The molecule has 2 heterocycles. The van der Waals surface area contributed by atoms with Gasteiger partial charge in [0.2, 0.25) is 5.91 Å². The number of aliphatic hydroxyl groups is 1. The van der Waals surface area contributed by atoms with Crippen LogP contribution in [0.5, 0.6) is 0 Å². The number of fused-ring (bicyclic) bond motifs is 1. The van der Waals surface area contributed by atoms with E-state index in [2.05, 4.69) is 10.6 Å². The molecule has 1 unspecified atom stereocenters. The van der Waals surface area contributed by atoms with Gasteiger partial charge in [-0.1, -0.05) is 30.3 Å². The molecule has 1 saturated heterocycles. The molecular weight excluding hydrogens is 513 g/mol. The molecule has 0 bridgehead atoms. The monoisotopic (exact) mass is 535 g/mol. The number of benzene rings is 1. The van der Waals surface area contributed by atoms with E-state index in [1.807, 2.05) is 0 Å². The summed E-state index contributed by atoms with van der Waals surface area (Å²) < 4.78 is 27.3. The van der Waals surface area contributed by atoms with E-state index in [1.54, 1.807) is 30.3 Å². The Hall–Kier alpha value is -2.10. The Bertz CT molecular complexity index is 1130. The summed E-state index contributed by atoms with van der Waals surface area (Å²) in [5.41, 5.74) is 0.104. The summed E-state index contributed by atoms with van der Waals surface area (Å²) in [6, 6.07) is 5.75. The van der Waals surface area contributed by atoms with Crippen molar-refractivity contribution in [3.05, 3.63) is 47.2 Å². The van der Waals surface area contributed by atoms with Crippen molar-refractivity contribution in [1.29, 1.82) is 0 Å². The number of sulfone groups is 1. The van der Waals surface area contributed by atoms with Crippen molar-refractivity contribution in [2.45, 2.75) is 17.5 Å². The number of thioether (sulfide) groups is 1. The molecule has 3 atom stereocenters. The molecule has 15 heteroatoms. The number of alkyl carbamates (subject to hydrolysis) is 1. The van der Waals surface area contributed by atoms with Crippen LogP contribution < -0.4 is 45.3 Å². The van der Waals surface area contributed by atoms with Gasteiger partial charge in [-0.2, -0.15) is 0 Å². The predicted molar refractivity (Wildman–Crippen MR) is 118 cm³/mol. The molecule has 0 saturated carbocycles. The van der Waals surface area contributed by atoms with E-state index in [9.17, 15) is 37.8 Å². The Morgan fingerprint density at radius 3 is 2.51 bits per heavy atom. The summed E-state index contributed by atoms with van der Waals surface area (Å²) in [7, 11) is -3.36. The van der Waals surface area contributed by atoms with Gasteiger partial charge in [-0.05, 0) is 11.1 Å². The quantitative estimate of drug-likeness (QED) is 0.204. The van der Waals surface area contributed by atoms with Crippen LogP contribution in [-0.4, -0.2) is 84.7 Å². The minimum absolute atomic E-state index is 0. The van der Waals surface area contributed by atoms with E-state index < -0.39 is 75.8 Å². The van der Waals surface area contributed by atoms with Crippen LogP contribution in [0.3, 0.4) is 0 Å². The number of carboxylic acids is 1. The van der Waals surface area contributed by atoms with Crippen molar-refractivity contribution in [2.24, 2.45) is 0 Å². The van der Waals surface area contributed by atoms with Gasteiger partial charge in [-0.3, -0.25) is 14.5 Å². The van der Waals surface area contributed by atoms with Gasteiger partial charge in [-0.25, -0.2) is 13.2 Å². The first-order valence-corrected chi connectivity index (χ1v) is 13.1. The molecule has 184 valence electrons. The first-order chi connectivity index (χ1) is 16.0. The molecule has 1 aromatic carbocycles. The molecule has 1 fully saturated rings. The molecule has 3 amide bonds. The number of nitrogens with zero attached hydrogens (tertiary/aromatic N) is 1. The third-order valence-corrected chi connectivity index (χ3v) is 7.32. The first kappa shape index (κ1) is 29.1. The van der Waals surface area contributed by atoms with Gasteiger partial charge in [0, 0.05) is 12.0 Å². The Morgan fingerprint density at radius 2 is 1.94 bits per heavy atom. The fraction of sp³-hybridized carbons (Fsp3) is 0.400. The van der Waals surface area contributed by atoms with Crippen LogP contribution in [0.4, 0.5) is 4.79 Å². The average molecular weight is 536 g/mol. The number of hydrogen-bond donors (Lipinski definition) is 3. The molecule has 35 heavy (non-hydrogen) atoms. The van der Waals surface area contributed by atoms with Crippen LogP contribution in [0.1, 0.15) is 11.6 Å². The van der Waals surface area contributed by atoms with Gasteiger partial charge < -0.3 is 30.4 Å². The van der Waals surface area contributed by atoms with Crippen LogP contribution in [-0.2, 0) is 29.0 Å². The van der Waals surface area contributed by atoms with Crippen LogP contribution in [0.25, 0.3) is 0 Å². The summed E-state index contributed by atoms with van der Waals surface area (Å²) in [5, 5.41) is 25.0. The number of carbonyl (C=O) groups excluding carboxylic acids is 4. The second kappa shape index (κ2) is 12.2. The van der Waals surface area contributed by atoms with Gasteiger partial charge in [-0.15, -0.1) is 11.8 Å². The van der Waals surface area contributed by atoms with E-state index in [-0.39, 0.29) is 40.9 Å². The Kier molecular flexibility index (Phi) is 10.2. The number of aliphatic hydroxyl groups excluding tert-OH is 1. The number of amides is 3. The molecule has 0 radical (unpaired) electrons. The standard InChI is InChI=1S/C20H23N3O9S2.Na/c1-34(30,31)8-7-32-20(29)22-13(11-5-3-2-4-6-11)16(25)21-14-17(26)23-15(19(27)28)12(9-24)10-33-18(14)23;/h2-6,13-14,18,24H,7-10H2,1H3,(H,21,25)(H,22,29)(H,27,28);/q;+1/p-1/t13?,14-,18+;/m1./s1. The largest absolute Gasteiger partial charge is 1.00 e. The normalized spacial score (nSPS) is 20.1. The molecule has 0 spiro atoms. The summed E-state index contributed by atoms with van der Waals surface area (Å²) >= 11 is 1.17. The smallest absolute Gasteiger partial charge is 0.543 e. The van der Waals surface area contributed by atoms with Crippen molar-refractivity contribution in [2.75, 3.05) is 31.0 Å². The van der Waals surface area contributed by atoms with E-state index in [0.717, 1.165) is 11.2 Å². The number of carboxylic acid groups (broad SMARTS) is 1. The molecule has 3 N–H and O–H groups in total. The Morgan fingerprint density at radius 1 is 1.29 bits per heavy atom. The number of carbonyl (C=O) groups is 4. The molecule has 12 nitrogen and oxygen atoms in total. The van der Waals surface area contributed by atoms with Gasteiger partial charge in [0.15, 0.2) is 9.84 Å². The maximum Gasteiger partial charge on any atom is 1.00 e. The van der Waals surface area contributed by atoms with Crippen molar-refractivity contribution in [1.82, 2.24) is 15.5 Å². The zero-order valence-electron chi connectivity index (χ0n) is 18.9. The zero-order valence-corrected chi connectivity index (χ0v) is 22.6. The maximum atomic E-state index is 13.0. The average Bonchev–Trinajstić information content (AvgIpc) is 2.79. The van der Waals surface area contributed by atoms with Crippen LogP contribution >= 0.6 is 11.8 Å². The molecular formula is C20H22N3NaO9S2. The molecule has 3 rings (SSSR count). The van der Waals surface area contributed by atoms with Gasteiger partial charge in [0.1, 0.15) is 24.1 Å². The molecule has 1 aromatic rings. The summed E-state index contributed by atoms with van der Waals surface area (Å²) in [4.78, 5) is 50.3. The van der Waals surface area contributed by atoms with Crippen LogP contribution in [0.2, 0.25) is 0 Å². The van der Waals surface area contributed by atoms with Crippen molar-refractivity contribution in [3.8, 4) is 0 Å². The SMILES string of the molecule is CS(=O)(=O)CCOC(=O)NC(C(=O)N[C@@H]1C(=O)N2C(C(=O)[O-])=C(CO)CS[C@@H]12)c1ccccc1.[Na+]. The van der Waals surface area contributed by atoms with E-state index in [0.29, 0.717) is 5.56 Å².